The van der Waals surface area contributed by atoms with Gasteiger partial charge in [0, 0.05) is 22.9 Å². The first-order valence-corrected chi connectivity index (χ1v) is 7.69. The van der Waals surface area contributed by atoms with Gasteiger partial charge in [0.25, 0.3) is 5.91 Å². The molecule has 0 saturated heterocycles. The first-order valence-electron chi connectivity index (χ1n) is 5.40. The second-order valence-electron chi connectivity index (χ2n) is 3.55. The topological polar surface area (TPSA) is 20.3 Å². The molecule has 0 heterocycles. The van der Waals surface area contributed by atoms with Gasteiger partial charge in [-0.05, 0) is 31.5 Å². The number of hydrogen-bond acceptors (Lipinski definition) is 1. The standard InChI is InChI=1S/C12H14Br2ClNO/c1-2-16(7-3-6-13)12(17)10-8-9(14)4-5-11(10)15/h4-5,8H,2-3,6-7H2,1H3. The summed E-state index contributed by atoms with van der Waals surface area (Å²) in [6, 6.07) is 5.33. The summed E-state index contributed by atoms with van der Waals surface area (Å²) >= 11 is 12.8. The Kier molecular flexibility index (Phi) is 6.52. The van der Waals surface area contributed by atoms with Crippen LogP contribution in [0.25, 0.3) is 0 Å². The van der Waals surface area contributed by atoms with Gasteiger partial charge in [-0.15, -0.1) is 0 Å². The lowest BCUT2D eigenvalue weighted by Crippen LogP contribution is -2.32. The summed E-state index contributed by atoms with van der Waals surface area (Å²) in [7, 11) is 0. The van der Waals surface area contributed by atoms with E-state index in [-0.39, 0.29) is 5.91 Å². The number of hydrogen-bond donors (Lipinski definition) is 0. The summed E-state index contributed by atoms with van der Waals surface area (Å²) in [6.07, 6.45) is 0.936. The molecule has 0 N–H and O–H groups in total. The van der Waals surface area contributed by atoms with Crippen LogP contribution in [0.3, 0.4) is 0 Å². The molecule has 0 aliphatic rings. The monoisotopic (exact) mass is 381 g/mol. The van der Waals surface area contributed by atoms with Crippen LogP contribution in [0.4, 0.5) is 0 Å². The molecule has 0 fully saturated rings. The molecule has 17 heavy (non-hydrogen) atoms. The summed E-state index contributed by atoms with van der Waals surface area (Å²) in [5, 5.41) is 1.39. The highest BCUT2D eigenvalue weighted by molar-refractivity contribution is 9.10. The molecule has 0 radical (unpaired) electrons. The highest BCUT2D eigenvalue weighted by Crippen LogP contribution is 2.22. The Morgan fingerprint density at radius 2 is 2.18 bits per heavy atom. The number of amides is 1. The zero-order chi connectivity index (χ0) is 12.8. The minimum absolute atomic E-state index is 0.0141. The summed E-state index contributed by atoms with van der Waals surface area (Å²) in [5.74, 6) is -0.0141. The maximum atomic E-state index is 12.3. The van der Waals surface area contributed by atoms with Gasteiger partial charge in [0.1, 0.15) is 0 Å². The van der Waals surface area contributed by atoms with Crippen LogP contribution in [-0.4, -0.2) is 29.2 Å². The molecule has 1 aromatic rings. The Bertz CT molecular complexity index is 398. The van der Waals surface area contributed by atoms with Crippen molar-refractivity contribution in [2.45, 2.75) is 13.3 Å². The summed E-state index contributed by atoms with van der Waals surface area (Å²) in [4.78, 5) is 14.1. The minimum atomic E-state index is -0.0141. The third-order valence-electron chi connectivity index (χ3n) is 2.39. The first-order chi connectivity index (χ1) is 8.10. The number of rotatable bonds is 5. The van der Waals surface area contributed by atoms with Gasteiger partial charge in [-0.25, -0.2) is 0 Å². The van der Waals surface area contributed by atoms with E-state index in [1.165, 1.54) is 0 Å². The molecule has 5 heteroatoms. The Morgan fingerprint density at radius 1 is 1.47 bits per heavy atom. The molecule has 0 spiro atoms. The molecule has 0 aliphatic carbocycles. The van der Waals surface area contributed by atoms with Crippen molar-refractivity contribution < 1.29 is 4.79 Å². The van der Waals surface area contributed by atoms with Crippen LogP contribution in [0.1, 0.15) is 23.7 Å². The van der Waals surface area contributed by atoms with Crippen LogP contribution in [0, 0.1) is 0 Å². The quantitative estimate of drug-likeness (QED) is 0.692. The van der Waals surface area contributed by atoms with Crippen LogP contribution in [-0.2, 0) is 0 Å². The van der Waals surface area contributed by atoms with E-state index in [0.29, 0.717) is 17.1 Å². The molecule has 0 aliphatic heterocycles. The van der Waals surface area contributed by atoms with E-state index in [0.717, 1.165) is 22.8 Å². The first kappa shape index (κ1) is 15.0. The highest BCUT2D eigenvalue weighted by atomic mass is 79.9. The van der Waals surface area contributed by atoms with E-state index < -0.39 is 0 Å². The molecule has 0 saturated carbocycles. The number of carbonyl (C=O) groups is 1. The Morgan fingerprint density at radius 3 is 2.76 bits per heavy atom. The fraction of sp³-hybridized carbons (Fsp3) is 0.417. The van der Waals surface area contributed by atoms with Gasteiger partial charge in [-0.3, -0.25) is 4.79 Å². The lowest BCUT2D eigenvalue weighted by atomic mass is 10.2. The van der Waals surface area contributed by atoms with Crippen molar-refractivity contribution in [2.75, 3.05) is 18.4 Å². The SMILES string of the molecule is CCN(CCCBr)C(=O)c1cc(Br)ccc1Cl. The molecule has 0 aromatic heterocycles. The van der Waals surface area contributed by atoms with Crippen molar-refractivity contribution in [1.29, 1.82) is 0 Å². The van der Waals surface area contributed by atoms with E-state index in [1.807, 2.05) is 13.0 Å². The van der Waals surface area contributed by atoms with Crippen molar-refractivity contribution in [3.63, 3.8) is 0 Å². The summed E-state index contributed by atoms with van der Waals surface area (Å²) < 4.78 is 0.863. The van der Waals surface area contributed by atoms with Gasteiger partial charge in [-0.2, -0.15) is 0 Å². The third-order valence-corrected chi connectivity index (χ3v) is 3.77. The van der Waals surface area contributed by atoms with Crippen LogP contribution in [0.5, 0.6) is 0 Å². The van der Waals surface area contributed by atoms with Crippen LogP contribution in [0.15, 0.2) is 22.7 Å². The maximum Gasteiger partial charge on any atom is 0.255 e. The fourth-order valence-electron chi connectivity index (χ4n) is 1.49. The molecule has 0 atom stereocenters. The van der Waals surface area contributed by atoms with E-state index >= 15 is 0 Å². The van der Waals surface area contributed by atoms with Gasteiger partial charge < -0.3 is 4.90 Å². The molecule has 1 rings (SSSR count). The van der Waals surface area contributed by atoms with Crippen LogP contribution in [0.2, 0.25) is 5.02 Å². The zero-order valence-electron chi connectivity index (χ0n) is 9.55. The van der Waals surface area contributed by atoms with Gasteiger partial charge in [0.05, 0.1) is 10.6 Å². The second-order valence-corrected chi connectivity index (χ2v) is 5.67. The molecule has 1 aromatic carbocycles. The molecule has 0 bridgehead atoms. The van der Waals surface area contributed by atoms with E-state index in [2.05, 4.69) is 31.9 Å². The maximum absolute atomic E-state index is 12.3. The van der Waals surface area contributed by atoms with Gasteiger partial charge >= 0.3 is 0 Å². The molecule has 94 valence electrons. The van der Waals surface area contributed by atoms with Crippen LogP contribution >= 0.6 is 43.5 Å². The number of carbonyl (C=O) groups excluding carboxylic acids is 1. The largest absolute Gasteiger partial charge is 0.339 e. The molecule has 1 amide bonds. The smallest absolute Gasteiger partial charge is 0.255 e. The van der Waals surface area contributed by atoms with Gasteiger partial charge in [-0.1, -0.05) is 43.5 Å². The highest BCUT2D eigenvalue weighted by Gasteiger charge is 2.16. The van der Waals surface area contributed by atoms with Crippen molar-refractivity contribution in [3.8, 4) is 0 Å². The average molecular weight is 384 g/mol. The Balaban J connectivity index is 2.89. The lowest BCUT2D eigenvalue weighted by molar-refractivity contribution is 0.0765. The fourth-order valence-corrected chi connectivity index (χ4v) is 2.30. The van der Waals surface area contributed by atoms with E-state index in [4.69, 9.17) is 11.6 Å². The van der Waals surface area contributed by atoms with Gasteiger partial charge in [0.2, 0.25) is 0 Å². The number of nitrogens with zero attached hydrogens (tertiary/aromatic N) is 1. The second kappa shape index (κ2) is 7.39. The van der Waals surface area contributed by atoms with E-state index in [1.54, 1.807) is 17.0 Å². The number of halogens is 3. The van der Waals surface area contributed by atoms with Crippen molar-refractivity contribution in [1.82, 2.24) is 4.90 Å². The van der Waals surface area contributed by atoms with Crippen molar-refractivity contribution in [3.05, 3.63) is 33.3 Å². The number of alkyl halides is 1. The van der Waals surface area contributed by atoms with Crippen molar-refractivity contribution in [2.24, 2.45) is 0 Å². The average Bonchev–Trinajstić information content (AvgIpc) is 2.33. The minimum Gasteiger partial charge on any atom is -0.339 e. The van der Waals surface area contributed by atoms with Gasteiger partial charge in [0.15, 0.2) is 0 Å². The lowest BCUT2D eigenvalue weighted by Gasteiger charge is -2.21. The summed E-state index contributed by atoms with van der Waals surface area (Å²) in [5.41, 5.74) is 0.553. The summed E-state index contributed by atoms with van der Waals surface area (Å²) in [6.45, 7) is 3.40. The Labute approximate surface area is 124 Å². The normalized spacial score (nSPS) is 10.4. The zero-order valence-corrected chi connectivity index (χ0v) is 13.5. The predicted octanol–water partition coefficient (Wildman–Crippen LogP) is 4.35. The van der Waals surface area contributed by atoms with Crippen molar-refractivity contribution >= 4 is 49.4 Å². The Hall–Kier alpha value is -0.0600. The van der Waals surface area contributed by atoms with Crippen LogP contribution < -0.4 is 0 Å². The van der Waals surface area contributed by atoms with E-state index in [9.17, 15) is 4.79 Å². The molecule has 2 nitrogen and oxygen atoms in total. The number of benzene rings is 1. The molecular formula is C12H14Br2ClNO. The molecule has 0 unspecified atom stereocenters. The molecular weight excluding hydrogens is 369 g/mol. The third kappa shape index (κ3) is 4.27. The predicted molar refractivity (Wildman–Crippen MR) is 79.1 cm³/mol.